The summed E-state index contributed by atoms with van der Waals surface area (Å²) in [5.74, 6) is 0.0513. The van der Waals surface area contributed by atoms with Crippen molar-refractivity contribution in [1.82, 2.24) is 0 Å². The Labute approximate surface area is 73.8 Å². The smallest absolute Gasteiger partial charge is 0.140 e. The second-order valence-electron chi connectivity index (χ2n) is 2.52. The summed E-state index contributed by atoms with van der Waals surface area (Å²) in [4.78, 5) is 21.2. The van der Waals surface area contributed by atoms with Gasteiger partial charge in [-0.2, -0.15) is 0 Å². The summed E-state index contributed by atoms with van der Waals surface area (Å²) in [6.07, 6.45) is 2.62. The fraction of sp³-hybridized carbons (Fsp3) is 0.750. The number of hydrogen-bond donors (Lipinski definition) is 0. The van der Waals surface area contributed by atoms with Gasteiger partial charge < -0.3 is 0 Å². The van der Waals surface area contributed by atoms with Crippen LogP contribution in [0.2, 0.25) is 0 Å². The van der Waals surface area contributed by atoms with Crippen LogP contribution in [0.4, 0.5) is 0 Å². The zero-order valence-electron chi connectivity index (χ0n) is 7.05. The molecule has 0 N–H and O–H groups in total. The number of halogens is 1. The van der Waals surface area contributed by atoms with E-state index in [0.717, 1.165) is 12.8 Å². The van der Waals surface area contributed by atoms with Crippen LogP contribution in [0.5, 0.6) is 0 Å². The standard InChI is InChI=1S/C8H14O2.ClH/c1-3-4-5-8(10)6-7(2)9;/h3-6H2,1-2H3;1H. The number of unbranched alkanes of at least 4 members (excludes halogenated alkanes) is 1. The average molecular weight is 179 g/mol. The van der Waals surface area contributed by atoms with Crippen molar-refractivity contribution in [3.63, 3.8) is 0 Å². The molecule has 0 spiro atoms. The Morgan fingerprint density at radius 1 is 1.27 bits per heavy atom. The Morgan fingerprint density at radius 3 is 2.18 bits per heavy atom. The lowest BCUT2D eigenvalue weighted by Gasteiger charge is -1.93. The average Bonchev–Trinajstić information content (AvgIpc) is 1.82. The first kappa shape index (κ1) is 13.2. The quantitative estimate of drug-likeness (QED) is 0.605. The zero-order valence-corrected chi connectivity index (χ0v) is 7.87. The number of Topliss-reactive ketones (excluding diaryl/α,β-unsaturated/α-hetero) is 2. The van der Waals surface area contributed by atoms with Gasteiger partial charge in [-0.15, -0.1) is 12.4 Å². The second kappa shape index (κ2) is 7.73. The molecule has 0 aliphatic rings. The second-order valence-corrected chi connectivity index (χ2v) is 2.52. The fourth-order valence-electron chi connectivity index (χ4n) is 0.740. The molecular formula is C8H15ClO2. The molecule has 3 heteroatoms. The van der Waals surface area contributed by atoms with Gasteiger partial charge in [-0.3, -0.25) is 9.59 Å². The van der Waals surface area contributed by atoms with Crippen LogP contribution in [-0.4, -0.2) is 11.6 Å². The summed E-state index contributed by atoms with van der Waals surface area (Å²) >= 11 is 0. The van der Waals surface area contributed by atoms with Crippen LogP contribution >= 0.6 is 12.4 Å². The zero-order chi connectivity index (χ0) is 7.98. The highest BCUT2D eigenvalue weighted by Gasteiger charge is 2.02. The molecule has 0 heterocycles. The summed E-state index contributed by atoms with van der Waals surface area (Å²) < 4.78 is 0. The third kappa shape index (κ3) is 9.63. The van der Waals surface area contributed by atoms with E-state index in [9.17, 15) is 9.59 Å². The molecule has 11 heavy (non-hydrogen) atoms. The van der Waals surface area contributed by atoms with E-state index < -0.39 is 0 Å². The van der Waals surface area contributed by atoms with Gasteiger partial charge >= 0.3 is 0 Å². The van der Waals surface area contributed by atoms with Gasteiger partial charge in [0.1, 0.15) is 11.6 Å². The van der Waals surface area contributed by atoms with Crippen LogP contribution in [-0.2, 0) is 9.59 Å². The summed E-state index contributed by atoms with van der Waals surface area (Å²) in [5.41, 5.74) is 0. The van der Waals surface area contributed by atoms with E-state index in [0.29, 0.717) is 6.42 Å². The molecule has 2 nitrogen and oxygen atoms in total. The Kier molecular flexibility index (Phi) is 9.31. The van der Waals surface area contributed by atoms with E-state index in [-0.39, 0.29) is 30.4 Å². The van der Waals surface area contributed by atoms with E-state index in [1.165, 1.54) is 6.92 Å². The van der Waals surface area contributed by atoms with Crippen molar-refractivity contribution in [3.8, 4) is 0 Å². The molecule has 0 fully saturated rings. The summed E-state index contributed by atoms with van der Waals surface area (Å²) in [7, 11) is 0. The molecule has 0 aromatic carbocycles. The molecule has 0 rings (SSSR count). The highest BCUT2D eigenvalue weighted by molar-refractivity contribution is 5.97. The maximum Gasteiger partial charge on any atom is 0.140 e. The van der Waals surface area contributed by atoms with Crippen LogP contribution in [0.1, 0.15) is 39.5 Å². The van der Waals surface area contributed by atoms with E-state index in [2.05, 4.69) is 0 Å². The number of rotatable bonds is 5. The summed E-state index contributed by atoms with van der Waals surface area (Å²) in [6.45, 7) is 3.48. The molecule has 0 saturated heterocycles. The number of hydrogen-bond acceptors (Lipinski definition) is 2. The number of carbonyl (C=O) groups excluding carboxylic acids is 2. The SMILES string of the molecule is CCCCC(=O)CC(C)=O.Cl. The first-order valence-electron chi connectivity index (χ1n) is 3.68. The first-order chi connectivity index (χ1) is 4.66. The van der Waals surface area contributed by atoms with Gasteiger partial charge in [-0.25, -0.2) is 0 Å². The number of ketones is 2. The van der Waals surface area contributed by atoms with E-state index in [1.807, 2.05) is 6.92 Å². The minimum atomic E-state index is -0.0268. The lowest BCUT2D eigenvalue weighted by molar-refractivity contribution is -0.125. The van der Waals surface area contributed by atoms with Crippen LogP contribution in [0.25, 0.3) is 0 Å². The van der Waals surface area contributed by atoms with E-state index in [4.69, 9.17) is 0 Å². The first-order valence-corrected chi connectivity index (χ1v) is 3.68. The van der Waals surface area contributed by atoms with Gasteiger partial charge in [-0.1, -0.05) is 13.3 Å². The monoisotopic (exact) mass is 178 g/mol. The van der Waals surface area contributed by atoms with Crippen molar-refractivity contribution in [2.75, 3.05) is 0 Å². The molecule has 0 saturated carbocycles. The van der Waals surface area contributed by atoms with Crippen molar-refractivity contribution in [1.29, 1.82) is 0 Å². The number of carbonyl (C=O) groups is 2. The minimum absolute atomic E-state index is 0. The molecular weight excluding hydrogens is 164 g/mol. The van der Waals surface area contributed by atoms with E-state index >= 15 is 0 Å². The Morgan fingerprint density at radius 2 is 1.82 bits per heavy atom. The predicted molar refractivity (Wildman–Crippen MR) is 47.1 cm³/mol. The predicted octanol–water partition coefficient (Wildman–Crippen LogP) is 2.15. The Hall–Kier alpha value is -0.370. The maximum absolute atomic E-state index is 10.8. The van der Waals surface area contributed by atoms with Gasteiger partial charge in [0, 0.05) is 6.42 Å². The Bertz CT molecular complexity index is 132. The van der Waals surface area contributed by atoms with Crippen molar-refractivity contribution >= 4 is 24.0 Å². The normalized spacial score (nSPS) is 8.55. The summed E-state index contributed by atoms with van der Waals surface area (Å²) in [6, 6.07) is 0. The molecule has 0 atom stereocenters. The topological polar surface area (TPSA) is 34.1 Å². The van der Waals surface area contributed by atoms with Crippen molar-refractivity contribution in [3.05, 3.63) is 0 Å². The summed E-state index contributed by atoms with van der Waals surface area (Å²) in [5, 5.41) is 0. The maximum atomic E-state index is 10.8. The van der Waals surface area contributed by atoms with Crippen molar-refractivity contribution in [2.45, 2.75) is 39.5 Å². The lowest BCUT2D eigenvalue weighted by Crippen LogP contribution is -2.03. The van der Waals surface area contributed by atoms with Gasteiger partial charge in [0.15, 0.2) is 0 Å². The largest absolute Gasteiger partial charge is 0.300 e. The van der Waals surface area contributed by atoms with Gasteiger partial charge in [0.05, 0.1) is 6.42 Å². The van der Waals surface area contributed by atoms with Crippen molar-refractivity contribution in [2.24, 2.45) is 0 Å². The minimum Gasteiger partial charge on any atom is -0.300 e. The van der Waals surface area contributed by atoms with Crippen LogP contribution in [0, 0.1) is 0 Å². The molecule has 0 aliphatic carbocycles. The van der Waals surface area contributed by atoms with Crippen molar-refractivity contribution < 1.29 is 9.59 Å². The molecule has 0 aromatic heterocycles. The van der Waals surface area contributed by atoms with Crippen LogP contribution in [0.3, 0.4) is 0 Å². The highest BCUT2D eigenvalue weighted by atomic mass is 35.5. The van der Waals surface area contributed by atoms with Crippen LogP contribution in [0.15, 0.2) is 0 Å². The molecule has 0 bridgehead atoms. The molecule has 0 aromatic rings. The third-order valence-corrected chi connectivity index (χ3v) is 1.26. The molecule has 0 unspecified atom stereocenters. The molecule has 0 amide bonds. The molecule has 0 radical (unpaired) electrons. The highest BCUT2D eigenvalue weighted by Crippen LogP contribution is 1.98. The molecule has 66 valence electrons. The van der Waals surface area contributed by atoms with Gasteiger partial charge in [0.2, 0.25) is 0 Å². The lowest BCUT2D eigenvalue weighted by atomic mass is 10.1. The van der Waals surface area contributed by atoms with Gasteiger partial charge in [0.25, 0.3) is 0 Å². The van der Waals surface area contributed by atoms with E-state index in [1.54, 1.807) is 0 Å². The Balaban J connectivity index is 0. The van der Waals surface area contributed by atoms with Crippen LogP contribution < -0.4 is 0 Å². The molecule has 0 aliphatic heterocycles. The third-order valence-electron chi connectivity index (χ3n) is 1.26. The fourth-order valence-corrected chi connectivity index (χ4v) is 0.740. The van der Waals surface area contributed by atoms with Gasteiger partial charge in [-0.05, 0) is 13.3 Å².